The van der Waals surface area contributed by atoms with E-state index in [0.29, 0.717) is 19.3 Å². The van der Waals surface area contributed by atoms with Crippen LogP contribution in [0.3, 0.4) is 0 Å². The fourth-order valence-corrected chi connectivity index (χ4v) is 2.45. The van der Waals surface area contributed by atoms with Crippen molar-refractivity contribution in [3.05, 3.63) is 29.3 Å². The Bertz CT molecular complexity index is 592. The Morgan fingerprint density at radius 1 is 1.38 bits per heavy atom. The SMILES string of the molecule is N#Cc1ccc(NC(=O)C2CCC(N)C2)c(C(F)(F)F)c1. The molecule has 1 aromatic rings. The number of benzene rings is 1. The molecule has 1 aromatic carbocycles. The lowest BCUT2D eigenvalue weighted by Gasteiger charge is -2.16. The summed E-state index contributed by atoms with van der Waals surface area (Å²) in [5.74, 6) is -0.824. The van der Waals surface area contributed by atoms with Crippen LogP contribution in [0.25, 0.3) is 0 Å². The van der Waals surface area contributed by atoms with Gasteiger partial charge >= 0.3 is 6.18 Å². The quantitative estimate of drug-likeness (QED) is 0.880. The molecule has 0 bridgehead atoms. The fraction of sp³-hybridized carbons (Fsp3) is 0.429. The van der Waals surface area contributed by atoms with Crippen molar-refractivity contribution < 1.29 is 18.0 Å². The van der Waals surface area contributed by atoms with Crippen LogP contribution in [-0.2, 0) is 11.0 Å². The zero-order valence-corrected chi connectivity index (χ0v) is 11.1. The van der Waals surface area contributed by atoms with Gasteiger partial charge in [0.05, 0.1) is 22.9 Å². The van der Waals surface area contributed by atoms with E-state index in [-0.39, 0.29) is 23.2 Å². The van der Waals surface area contributed by atoms with Gasteiger partial charge in [0.15, 0.2) is 0 Å². The maximum absolute atomic E-state index is 13.0. The van der Waals surface area contributed by atoms with Crippen LogP contribution in [0, 0.1) is 17.2 Å². The Kier molecular flexibility index (Phi) is 4.19. The van der Waals surface area contributed by atoms with Crippen LogP contribution in [0.15, 0.2) is 18.2 Å². The van der Waals surface area contributed by atoms with Crippen molar-refractivity contribution in [1.82, 2.24) is 0 Å². The number of nitriles is 1. The van der Waals surface area contributed by atoms with Gasteiger partial charge in [0.1, 0.15) is 0 Å². The van der Waals surface area contributed by atoms with E-state index in [2.05, 4.69) is 5.32 Å². The second kappa shape index (κ2) is 5.74. The molecule has 0 radical (unpaired) electrons. The van der Waals surface area contributed by atoms with Crippen LogP contribution < -0.4 is 11.1 Å². The summed E-state index contributed by atoms with van der Waals surface area (Å²) in [6.45, 7) is 0. The first kappa shape index (κ1) is 15.3. The maximum atomic E-state index is 13.0. The molecular formula is C14H14F3N3O. The van der Waals surface area contributed by atoms with Gasteiger partial charge in [-0.05, 0) is 37.5 Å². The van der Waals surface area contributed by atoms with Gasteiger partial charge in [-0.2, -0.15) is 18.4 Å². The topological polar surface area (TPSA) is 78.9 Å². The molecule has 1 saturated carbocycles. The minimum absolute atomic E-state index is 0.0798. The third kappa shape index (κ3) is 3.52. The van der Waals surface area contributed by atoms with Gasteiger partial charge in [-0.15, -0.1) is 0 Å². The van der Waals surface area contributed by atoms with Crippen LogP contribution in [0.1, 0.15) is 30.4 Å². The van der Waals surface area contributed by atoms with Crippen molar-refractivity contribution in [2.75, 3.05) is 5.32 Å². The number of halogens is 3. The van der Waals surface area contributed by atoms with Crippen molar-refractivity contribution in [2.24, 2.45) is 11.7 Å². The average Bonchev–Trinajstić information content (AvgIpc) is 2.84. The van der Waals surface area contributed by atoms with E-state index in [1.54, 1.807) is 6.07 Å². The highest BCUT2D eigenvalue weighted by atomic mass is 19.4. The van der Waals surface area contributed by atoms with E-state index in [4.69, 9.17) is 11.0 Å². The van der Waals surface area contributed by atoms with E-state index in [1.165, 1.54) is 6.07 Å². The summed E-state index contributed by atoms with van der Waals surface area (Å²) in [5, 5.41) is 11.0. The minimum Gasteiger partial charge on any atom is -0.328 e. The Morgan fingerprint density at radius 2 is 2.10 bits per heavy atom. The highest BCUT2D eigenvalue weighted by molar-refractivity contribution is 5.93. The third-order valence-corrected chi connectivity index (χ3v) is 3.56. The largest absolute Gasteiger partial charge is 0.418 e. The van der Waals surface area contributed by atoms with Crippen molar-refractivity contribution in [2.45, 2.75) is 31.5 Å². The molecule has 0 saturated heterocycles. The Hall–Kier alpha value is -2.07. The standard InChI is InChI=1S/C14H14F3N3O/c15-14(16,17)11-5-8(7-18)1-4-12(11)20-13(21)9-2-3-10(19)6-9/h1,4-5,9-10H,2-3,6,19H2,(H,20,21). The summed E-state index contributed by atoms with van der Waals surface area (Å²) in [7, 11) is 0. The lowest BCUT2D eigenvalue weighted by atomic mass is 10.1. The van der Waals surface area contributed by atoms with Gasteiger partial charge in [0.25, 0.3) is 0 Å². The molecule has 3 N–H and O–H groups in total. The predicted octanol–water partition coefficient (Wildman–Crippen LogP) is 2.64. The normalized spacial score (nSPS) is 21.9. The number of anilines is 1. The van der Waals surface area contributed by atoms with E-state index < -0.39 is 17.6 Å². The molecule has 2 unspecified atom stereocenters. The van der Waals surface area contributed by atoms with Crippen LogP contribution in [-0.4, -0.2) is 11.9 Å². The monoisotopic (exact) mass is 297 g/mol. The molecule has 0 spiro atoms. The molecule has 2 rings (SSSR count). The smallest absolute Gasteiger partial charge is 0.328 e. The number of carbonyl (C=O) groups excluding carboxylic acids is 1. The van der Waals surface area contributed by atoms with Gasteiger partial charge in [0.2, 0.25) is 5.91 Å². The van der Waals surface area contributed by atoms with Gasteiger partial charge in [-0.25, -0.2) is 0 Å². The summed E-state index contributed by atoms with van der Waals surface area (Å²) >= 11 is 0. The van der Waals surface area contributed by atoms with Gasteiger partial charge in [-0.3, -0.25) is 4.79 Å². The summed E-state index contributed by atoms with van der Waals surface area (Å²) in [5.41, 5.74) is 4.25. The molecule has 21 heavy (non-hydrogen) atoms. The number of rotatable bonds is 2. The van der Waals surface area contributed by atoms with Crippen LogP contribution in [0.2, 0.25) is 0 Å². The Balaban J connectivity index is 2.23. The zero-order chi connectivity index (χ0) is 15.6. The number of nitrogens with one attached hydrogen (secondary N) is 1. The second-order valence-electron chi connectivity index (χ2n) is 5.13. The van der Waals surface area contributed by atoms with Crippen molar-refractivity contribution in [3.63, 3.8) is 0 Å². The van der Waals surface area contributed by atoms with Crippen molar-refractivity contribution in [1.29, 1.82) is 5.26 Å². The minimum atomic E-state index is -4.64. The molecule has 1 aliphatic rings. The third-order valence-electron chi connectivity index (χ3n) is 3.56. The molecule has 0 aliphatic heterocycles. The van der Waals surface area contributed by atoms with Gasteiger partial charge < -0.3 is 11.1 Å². The second-order valence-corrected chi connectivity index (χ2v) is 5.13. The zero-order valence-electron chi connectivity index (χ0n) is 11.1. The molecule has 112 valence electrons. The predicted molar refractivity (Wildman–Crippen MR) is 70.1 cm³/mol. The number of alkyl halides is 3. The van der Waals surface area contributed by atoms with E-state index >= 15 is 0 Å². The molecule has 1 amide bonds. The number of hydrogen-bond donors (Lipinski definition) is 2. The van der Waals surface area contributed by atoms with Crippen molar-refractivity contribution >= 4 is 11.6 Å². The highest BCUT2D eigenvalue weighted by Gasteiger charge is 2.35. The molecule has 0 heterocycles. The number of carbonyl (C=O) groups is 1. The number of nitrogens with two attached hydrogens (primary N) is 1. The summed E-state index contributed by atoms with van der Waals surface area (Å²) in [4.78, 5) is 12.0. The number of amides is 1. The average molecular weight is 297 g/mol. The first-order valence-electron chi connectivity index (χ1n) is 6.49. The van der Waals surface area contributed by atoms with Crippen LogP contribution in [0.5, 0.6) is 0 Å². The van der Waals surface area contributed by atoms with E-state index in [9.17, 15) is 18.0 Å². The van der Waals surface area contributed by atoms with Crippen molar-refractivity contribution in [3.8, 4) is 6.07 Å². The first-order valence-corrected chi connectivity index (χ1v) is 6.49. The lowest BCUT2D eigenvalue weighted by molar-refractivity contribution is -0.137. The molecule has 2 atom stereocenters. The van der Waals surface area contributed by atoms with Gasteiger partial charge in [-0.1, -0.05) is 0 Å². The first-order chi connectivity index (χ1) is 9.81. The molecule has 1 aliphatic carbocycles. The Labute approximate surface area is 119 Å². The van der Waals surface area contributed by atoms with Crippen LogP contribution >= 0.6 is 0 Å². The summed E-state index contributed by atoms with van der Waals surface area (Å²) in [6, 6.07) is 4.65. The maximum Gasteiger partial charge on any atom is 0.418 e. The summed E-state index contributed by atoms with van der Waals surface area (Å²) in [6.07, 6.45) is -2.90. The number of hydrogen-bond acceptors (Lipinski definition) is 3. The molecule has 4 nitrogen and oxygen atoms in total. The molecule has 1 fully saturated rings. The highest BCUT2D eigenvalue weighted by Crippen LogP contribution is 2.36. The molecule has 0 aromatic heterocycles. The molecular weight excluding hydrogens is 283 g/mol. The Morgan fingerprint density at radius 3 is 2.62 bits per heavy atom. The fourth-order valence-electron chi connectivity index (χ4n) is 2.45. The van der Waals surface area contributed by atoms with E-state index in [0.717, 1.165) is 12.1 Å². The number of nitrogens with zero attached hydrogens (tertiary/aromatic N) is 1. The lowest BCUT2D eigenvalue weighted by Crippen LogP contribution is -2.24. The molecule has 7 heteroatoms. The van der Waals surface area contributed by atoms with E-state index in [1.807, 2.05) is 0 Å². The van der Waals surface area contributed by atoms with Gasteiger partial charge in [0, 0.05) is 12.0 Å². The summed E-state index contributed by atoms with van der Waals surface area (Å²) < 4.78 is 38.9. The van der Waals surface area contributed by atoms with Crippen LogP contribution in [0.4, 0.5) is 18.9 Å².